The van der Waals surface area contributed by atoms with Crippen molar-refractivity contribution in [1.29, 1.82) is 0 Å². The Morgan fingerprint density at radius 2 is 1.71 bits per heavy atom. The predicted octanol–water partition coefficient (Wildman–Crippen LogP) is 5.07. The molecule has 1 spiro atoms. The van der Waals surface area contributed by atoms with E-state index in [1.165, 1.54) is 5.56 Å². The number of nitrogens with zero attached hydrogens (tertiary/aromatic N) is 2. The molecule has 3 amide bonds. The van der Waals surface area contributed by atoms with Crippen LogP contribution >= 0.6 is 0 Å². The van der Waals surface area contributed by atoms with Gasteiger partial charge in [-0.2, -0.15) is 0 Å². The molecule has 0 aromatic heterocycles. The average Bonchev–Trinajstić information content (AvgIpc) is 3.75. The van der Waals surface area contributed by atoms with Gasteiger partial charge in [-0.25, -0.2) is 0 Å². The molecular weight excluding hydrogens is 616 g/mol. The third kappa shape index (κ3) is 6.64. The highest BCUT2D eigenvalue weighted by atomic mass is 16.5. The van der Waals surface area contributed by atoms with Gasteiger partial charge < -0.3 is 29.9 Å². The number of rotatable bonds is 11. The summed E-state index contributed by atoms with van der Waals surface area (Å²) in [6.45, 7) is 7.87. The summed E-state index contributed by atoms with van der Waals surface area (Å²) in [4.78, 5) is 46.9. The lowest BCUT2D eigenvalue weighted by atomic mass is 9.73. The number of hydrogen-bond donors (Lipinski definition) is 2. The molecule has 1 saturated carbocycles. The fraction of sp³-hybridized carbons (Fsp3) is 0.575. The minimum atomic E-state index is -1.16. The maximum absolute atomic E-state index is 14.5. The normalized spacial score (nSPS) is 32.7. The third-order valence-electron chi connectivity index (χ3n) is 12.3. The SMILES string of the molecule is COc1ccc(NC(=O)C2[C@H]3C=CC4(O3)C(C(=O)NC3CCCC(C)C3C)N(CCCN3CCC(Cc5ccccc5)CC3)C(=O)[C@@H]24)cc1. The molecule has 2 aromatic carbocycles. The van der Waals surface area contributed by atoms with E-state index in [0.29, 0.717) is 35.7 Å². The highest BCUT2D eigenvalue weighted by Crippen LogP contribution is 2.55. The van der Waals surface area contributed by atoms with Crippen molar-refractivity contribution in [3.63, 3.8) is 0 Å². The molecule has 1 aliphatic carbocycles. The number of amides is 3. The van der Waals surface area contributed by atoms with Crippen LogP contribution in [0.15, 0.2) is 66.7 Å². The number of carbonyl (C=O) groups is 3. The van der Waals surface area contributed by atoms with E-state index in [0.717, 1.165) is 64.6 Å². The molecule has 9 heteroatoms. The van der Waals surface area contributed by atoms with E-state index in [1.807, 2.05) is 12.2 Å². The van der Waals surface area contributed by atoms with E-state index in [1.54, 1.807) is 36.3 Å². The Hall–Kier alpha value is -3.69. The quantitative estimate of drug-likeness (QED) is 0.325. The van der Waals surface area contributed by atoms with Crippen molar-refractivity contribution in [2.24, 2.45) is 29.6 Å². The van der Waals surface area contributed by atoms with Crippen LogP contribution in [0.2, 0.25) is 0 Å². The molecule has 4 heterocycles. The molecule has 9 nitrogen and oxygen atoms in total. The molecule has 2 aromatic rings. The smallest absolute Gasteiger partial charge is 0.246 e. The molecular formula is C40H52N4O5. The Kier molecular flexibility index (Phi) is 9.84. The Balaban J connectivity index is 1.05. The average molecular weight is 669 g/mol. The van der Waals surface area contributed by atoms with Crippen molar-refractivity contribution in [1.82, 2.24) is 15.1 Å². The van der Waals surface area contributed by atoms with E-state index in [-0.39, 0.29) is 23.8 Å². The van der Waals surface area contributed by atoms with Crippen LogP contribution in [0, 0.1) is 29.6 Å². The highest BCUT2D eigenvalue weighted by Gasteiger charge is 2.72. The number of piperidine rings is 1. The zero-order valence-electron chi connectivity index (χ0n) is 29.2. The van der Waals surface area contributed by atoms with Crippen molar-refractivity contribution in [3.05, 3.63) is 72.3 Å². The number of nitrogens with one attached hydrogen (secondary N) is 2. The molecule has 2 N–H and O–H groups in total. The lowest BCUT2D eigenvalue weighted by Crippen LogP contribution is -2.58. The van der Waals surface area contributed by atoms with Crippen LogP contribution in [0.1, 0.15) is 57.9 Å². The summed E-state index contributed by atoms with van der Waals surface area (Å²) in [7, 11) is 1.60. The number of hydrogen-bond acceptors (Lipinski definition) is 6. The van der Waals surface area contributed by atoms with Crippen molar-refractivity contribution in [3.8, 4) is 5.75 Å². The molecule has 0 radical (unpaired) electrons. The summed E-state index contributed by atoms with van der Waals surface area (Å²) >= 11 is 0. The first kappa shape index (κ1) is 33.8. The van der Waals surface area contributed by atoms with E-state index in [2.05, 4.69) is 59.7 Å². The molecule has 8 atom stereocenters. The van der Waals surface area contributed by atoms with Gasteiger partial charge in [0.25, 0.3) is 0 Å². The van der Waals surface area contributed by atoms with Crippen LogP contribution in [0.3, 0.4) is 0 Å². The lowest BCUT2D eigenvalue weighted by Gasteiger charge is -2.38. The summed E-state index contributed by atoms with van der Waals surface area (Å²) in [5.74, 6) is 0.179. The van der Waals surface area contributed by atoms with Crippen molar-refractivity contribution >= 4 is 23.4 Å². The predicted molar refractivity (Wildman–Crippen MR) is 189 cm³/mol. The molecule has 4 aliphatic heterocycles. The van der Waals surface area contributed by atoms with Gasteiger partial charge in [0.05, 0.1) is 25.0 Å². The first-order chi connectivity index (χ1) is 23.8. The zero-order chi connectivity index (χ0) is 34.1. The van der Waals surface area contributed by atoms with Crippen LogP contribution in [-0.2, 0) is 25.5 Å². The van der Waals surface area contributed by atoms with Gasteiger partial charge in [0, 0.05) is 18.3 Å². The van der Waals surface area contributed by atoms with Gasteiger partial charge in [-0.3, -0.25) is 14.4 Å². The highest BCUT2D eigenvalue weighted by molar-refractivity contribution is 6.02. The maximum atomic E-state index is 14.5. The number of fused-ring (bicyclic) bond motifs is 1. The molecule has 262 valence electrons. The van der Waals surface area contributed by atoms with E-state index in [9.17, 15) is 14.4 Å². The molecule has 6 unspecified atom stereocenters. The van der Waals surface area contributed by atoms with Crippen LogP contribution in [-0.4, -0.2) is 84.6 Å². The number of benzene rings is 2. The summed E-state index contributed by atoms with van der Waals surface area (Å²) in [6, 6.07) is 17.1. The molecule has 3 saturated heterocycles. The van der Waals surface area contributed by atoms with Gasteiger partial charge in [-0.05, 0) is 99.3 Å². The molecule has 2 bridgehead atoms. The van der Waals surface area contributed by atoms with Crippen LogP contribution < -0.4 is 15.4 Å². The summed E-state index contributed by atoms with van der Waals surface area (Å²) < 4.78 is 11.9. The summed E-state index contributed by atoms with van der Waals surface area (Å²) in [6.07, 6.45) is 10.6. The second-order valence-corrected chi connectivity index (χ2v) is 15.2. The van der Waals surface area contributed by atoms with Crippen molar-refractivity contribution < 1.29 is 23.9 Å². The molecule has 5 aliphatic rings. The molecule has 49 heavy (non-hydrogen) atoms. The first-order valence-electron chi connectivity index (χ1n) is 18.5. The summed E-state index contributed by atoms with van der Waals surface area (Å²) in [5.41, 5.74) is 0.866. The van der Waals surface area contributed by atoms with Gasteiger partial charge >= 0.3 is 0 Å². The van der Waals surface area contributed by atoms with E-state index in [4.69, 9.17) is 9.47 Å². The van der Waals surface area contributed by atoms with E-state index >= 15 is 0 Å². The Morgan fingerprint density at radius 3 is 2.45 bits per heavy atom. The topological polar surface area (TPSA) is 100 Å². The van der Waals surface area contributed by atoms with Crippen LogP contribution in [0.4, 0.5) is 5.69 Å². The largest absolute Gasteiger partial charge is 0.497 e. The minimum Gasteiger partial charge on any atom is -0.497 e. The lowest BCUT2D eigenvalue weighted by molar-refractivity contribution is -0.141. The third-order valence-corrected chi connectivity index (χ3v) is 12.3. The first-order valence-corrected chi connectivity index (χ1v) is 18.5. The van der Waals surface area contributed by atoms with Crippen LogP contribution in [0.25, 0.3) is 0 Å². The number of carbonyl (C=O) groups excluding carboxylic acids is 3. The second-order valence-electron chi connectivity index (χ2n) is 15.2. The maximum Gasteiger partial charge on any atom is 0.246 e. The van der Waals surface area contributed by atoms with Gasteiger partial charge in [0.15, 0.2) is 0 Å². The van der Waals surface area contributed by atoms with Gasteiger partial charge in [-0.15, -0.1) is 0 Å². The van der Waals surface area contributed by atoms with Crippen molar-refractivity contribution in [2.75, 3.05) is 38.6 Å². The number of ether oxygens (including phenoxy) is 2. The zero-order valence-corrected chi connectivity index (χ0v) is 29.2. The van der Waals surface area contributed by atoms with Crippen molar-refractivity contribution in [2.45, 2.75) is 82.6 Å². The number of likely N-dealkylation sites (tertiary alicyclic amines) is 2. The standard InChI is InChI=1S/C40H52N4O5/c1-26-9-7-12-32(27(26)2)42-38(46)36-40-20-17-33(49-40)34(37(45)41-30-13-15-31(48-3)16-14-30)35(40)39(47)44(36)22-8-21-43-23-18-29(19-24-43)25-28-10-5-4-6-11-28/h4-6,10-11,13-17,20,26-27,29,32-36H,7-9,12,18-19,21-25H2,1-3H3,(H,41,45)(H,42,46)/t26?,27?,32?,33-,34?,35-,36?,40?/m1/s1. The summed E-state index contributed by atoms with van der Waals surface area (Å²) in [5, 5.41) is 6.38. The fourth-order valence-corrected chi connectivity index (χ4v) is 9.28. The number of anilines is 1. The molecule has 7 rings (SSSR count). The van der Waals surface area contributed by atoms with Gasteiger partial charge in [-0.1, -0.05) is 69.2 Å². The second kappa shape index (κ2) is 14.3. The Labute approximate surface area is 290 Å². The van der Waals surface area contributed by atoms with E-state index < -0.39 is 29.6 Å². The fourth-order valence-electron chi connectivity index (χ4n) is 9.28. The molecule has 4 fully saturated rings. The minimum absolute atomic E-state index is 0.0533. The number of methoxy groups -OCH3 is 1. The van der Waals surface area contributed by atoms with Gasteiger partial charge in [0.2, 0.25) is 17.7 Å². The van der Waals surface area contributed by atoms with Crippen LogP contribution in [0.5, 0.6) is 5.75 Å². The Bertz CT molecular complexity index is 1520. The van der Waals surface area contributed by atoms with Gasteiger partial charge in [0.1, 0.15) is 17.4 Å². The monoisotopic (exact) mass is 668 g/mol. The Morgan fingerprint density at radius 1 is 0.959 bits per heavy atom.